The van der Waals surface area contributed by atoms with Crippen LogP contribution in [-0.4, -0.2) is 38.5 Å². The van der Waals surface area contributed by atoms with E-state index in [9.17, 15) is 4.79 Å². The number of amides is 1. The maximum absolute atomic E-state index is 12.2. The minimum absolute atomic E-state index is 0.0383. The van der Waals surface area contributed by atoms with Crippen LogP contribution in [0.3, 0.4) is 0 Å². The van der Waals surface area contributed by atoms with Crippen LogP contribution in [0.5, 0.6) is 11.5 Å². The number of ether oxygens (including phenoxy) is 2. The molecule has 2 aromatic carbocycles. The number of benzene rings is 2. The lowest BCUT2D eigenvalue weighted by molar-refractivity contribution is -0.120. The highest BCUT2D eigenvalue weighted by Gasteiger charge is 2.09. The molecule has 7 nitrogen and oxygen atoms in total. The van der Waals surface area contributed by atoms with Crippen molar-refractivity contribution in [3.8, 4) is 11.5 Å². The summed E-state index contributed by atoms with van der Waals surface area (Å²) in [4.78, 5) is 16.0. The lowest BCUT2D eigenvalue weighted by Gasteiger charge is -2.12. The molecule has 0 bridgehead atoms. The Hall–Kier alpha value is -2.83. The molecule has 8 heteroatoms. The van der Waals surface area contributed by atoms with Crippen LogP contribution in [0.15, 0.2) is 52.5 Å². The molecule has 0 saturated heterocycles. The zero-order valence-corrected chi connectivity index (χ0v) is 16.9. The number of nitrogens with one attached hydrogen (secondary N) is 1. The van der Waals surface area contributed by atoms with Gasteiger partial charge in [0.05, 0.1) is 26.7 Å². The smallest absolute Gasteiger partial charge is 0.224 e. The third-order valence-electron chi connectivity index (χ3n) is 3.82. The fourth-order valence-electron chi connectivity index (χ4n) is 2.42. The third kappa shape index (κ3) is 7.42. The van der Waals surface area contributed by atoms with Gasteiger partial charge >= 0.3 is 0 Å². The number of carbonyl (C=O) groups is 1. The Bertz CT molecular complexity index is 821. The summed E-state index contributed by atoms with van der Waals surface area (Å²) in [7, 11) is 1.54. The molecule has 0 saturated carbocycles. The van der Waals surface area contributed by atoms with Gasteiger partial charge < -0.3 is 14.8 Å². The van der Waals surface area contributed by atoms with Gasteiger partial charge in [-0.05, 0) is 42.3 Å². The van der Waals surface area contributed by atoms with E-state index in [1.807, 2.05) is 6.07 Å². The van der Waals surface area contributed by atoms with Gasteiger partial charge in [-0.3, -0.25) is 4.79 Å². The molecule has 0 atom stereocenters. The minimum atomic E-state index is -0.0383. The molecule has 0 aliphatic rings. The zero-order valence-electron chi connectivity index (χ0n) is 16.1. The number of carbonyl (C=O) groups excluding carboxylic acids is 1. The molecule has 1 N–H and O–H groups in total. The van der Waals surface area contributed by atoms with E-state index in [0.29, 0.717) is 18.0 Å². The fraction of sp³-hybridized carbons (Fsp3) is 0.350. The van der Waals surface area contributed by atoms with Gasteiger partial charge in [-0.1, -0.05) is 28.9 Å². The van der Waals surface area contributed by atoms with Crippen molar-refractivity contribution in [3.05, 3.63) is 64.0 Å². The molecule has 0 aliphatic heterocycles. The summed E-state index contributed by atoms with van der Waals surface area (Å²) in [6.07, 6.45) is 0.268. The van der Waals surface area contributed by atoms with Gasteiger partial charge in [0, 0.05) is 22.1 Å². The summed E-state index contributed by atoms with van der Waals surface area (Å²) < 4.78 is 10.8. The van der Waals surface area contributed by atoms with Gasteiger partial charge in [-0.15, -0.1) is 11.8 Å². The van der Waals surface area contributed by atoms with Crippen LogP contribution in [0.4, 0.5) is 0 Å². The number of hydrogen-bond acceptors (Lipinski definition) is 5. The summed E-state index contributed by atoms with van der Waals surface area (Å²) in [5.74, 6) is 1.87. The van der Waals surface area contributed by atoms with E-state index in [-0.39, 0.29) is 25.5 Å². The van der Waals surface area contributed by atoms with Crippen molar-refractivity contribution in [1.29, 1.82) is 0 Å². The number of methoxy groups -OCH3 is 1. The number of nitrogens with zero attached hydrogens (tertiary/aromatic N) is 3. The number of azide groups is 1. The van der Waals surface area contributed by atoms with Crippen molar-refractivity contribution in [1.82, 2.24) is 5.32 Å². The zero-order chi connectivity index (χ0) is 20.2. The first-order chi connectivity index (χ1) is 13.6. The van der Waals surface area contributed by atoms with E-state index in [1.54, 1.807) is 31.0 Å². The van der Waals surface area contributed by atoms with Crippen molar-refractivity contribution in [2.75, 3.05) is 32.6 Å². The molecular weight excluding hydrogens is 376 g/mol. The SMILES string of the molecule is COc1cc(CC(=O)NCCSc2ccc(C)cc2)ccc1OCCN=[N+]=[N-]. The molecular formula is C20H24N4O3S. The minimum Gasteiger partial charge on any atom is -0.493 e. The molecule has 0 aromatic heterocycles. The molecule has 0 radical (unpaired) electrons. The molecule has 28 heavy (non-hydrogen) atoms. The van der Waals surface area contributed by atoms with Gasteiger partial charge in [-0.25, -0.2) is 0 Å². The second-order valence-electron chi connectivity index (χ2n) is 5.98. The largest absolute Gasteiger partial charge is 0.493 e. The van der Waals surface area contributed by atoms with Gasteiger partial charge in [0.15, 0.2) is 11.5 Å². The number of hydrogen-bond donors (Lipinski definition) is 1. The Morgan fingerprint density at radius 3 is 2.71 bits per heavy atom. The highest BCUT2D eigenvalue weighted by atomic mass is 32.2. The molecule has 0 aliphatic carbocycles. The maximum Gasteiger partial charge on any atom is 0.224 e. The summed E-state index contributed by atoms with van der Waals surface area (Å²) in [6.45, 7) is 3.17. The van der Waals surface area contributed by atoms with Crippen molar-refractivity contribution in [2.24, 2.45) is 5.11 Å². The standard InChI is InChI=1S/C20H24N4O3S/c1-15-3-6-17(7-4-15)28-12-10-22-20(25)14-16-5-8-18(19(13-16)26-2)27-11-9-23-24-21/h3-8,13H,9-12,14H2,1-2H3,(H,22,25). The molecule has 0 fully saturated rings. The first kappa shape index (κ1) is 21.5. The first-order valence-corrected chi connectivity index (χ1v) is 9.87. The topological polar surface area (TPSA) is 96.3 Å². The van der Waals surface area contributed by atoms with Gasteiger partial charge in [-0.2, -0.15) is 0 Å². The van der Waals surface area contributed by atoms with E-state index in [2.05, 4.69) is 46.5 Å². The fourth-order valence-corrected chi connectivity index (χ4v) is 3.19. The molecule has 2 aromatic rings. The Kier molecular flexibility index (Phi) is 9.04. The second kappa shape index (κ2) is 11.8. The van der Waals surface area contributed by atoms with E-state index in [0.717, 1.165) is 11.3 Å². The van der Waals surface area contributed by atoms with E-state index < -0.39 is 0 Å². The van der Waals surface area contributed by atoms with Crippen LogP contribution in [0.2, 0.25) is 0 Å². The lowest BCUT2D eigenvalue weighted by atomic mass is 10.1. The molecule has 0 spiro atoms. The van der Waals surface area contributed by atoms with Crippen LogP contribution >= 0.6 is 11.8 Å². The quantitative estimate of drug-likeness (QED) is 0.201. The highest BCUT2D eigenvalue weighted by molar-refractivity contribution is 7.99. The monoisotopic (exact) mass is 400 g/mol. The molecule has 2 rings (SSSR count). The van der Waals surface area contributed by atoms with Gasteiger partial charge in [0.2, 0.25) is 5.91 Å². The molecule has 0 unspecified atom stereocenters. The van der Waals surface area contributed by atoms with Crippen molar-refractivity contribution < 1.29 is 14.3 Å². The van der Waals surface area contributed by atoms with Crippen molar-refractivity contribution >= 4 is 17.7 Å². The molecule has 1 amide bonds. The first-order valence-electron chi connectivity index (χ1n) is 8.89. The predicted octanol–water partition coefficient (Wildman–Crippen LogP) is 4.14. The second-order valence-corrected chi connectivity index (χ2v) is 7.14. The Morgan fingerprint density at radius 2 is 2.00 bits per heavy atom. The number of rotatable bonds is 11. The summed E-state index contributed by atoms with van der Waals surface area (Å²) in [5, 5.41) is 6.35. The number of aryl methyl sites for hydroxylation is 1. The lowest BCUT2D eigenvalue weighted by Crippen LogP contribution is -2.27. The van der Waals surface area contributed by atoms with Crippen molar-refractivity contribution in [3.63, 3.8) is 0 Å². The Balaban J connectivity index is 1.77. The van der Waals surface area contributed by atoms with Crippen LogP contribution in [-0.2, 0) is 11.2 Å². The van der Waals surface area contributed by atoms with Gasteiger partial charge in [0.25, 0.3) is 0 Å². The average molecular weight is 401 g/mol. The Morgan fingerprint density at radius 1 is 1.21 bits per heavy atom. The van der Waals surface area contributed by atoms with Crippen molar-refractivity contribution in [2.45, 2.75) is 18.2 Å². The predicted molar refractivity (Wildman–Crippen MR) is 111 cm³/mol. The molecule has 148 valence electrons. The average Bonchev–Trinajstić information content (AvgIpc) is 2.70. The third-order valence-corrected chi connectivity index (χ3v) is 4.83. The summed E-state index contributed by atoms with van der Waals surface area (Å²) in [6, 6.07) is 13.7. The molecule has 0 heterocycles. The number of thioether (sulfide) groups is 1. The van der Waals surface area contributed by atoms with Crippen LogP contribution in [0.1, 0.15) is 11.1 Å². The normalized spacial score (nSPS) is 10.1. The maximum atomic E-state index is 12.2. The van der Waals surface area contributed by atoms with Crippen LogP contribution < -0.4 is 14.8 Å². The van der Waals surface area contributed by atoms with Gasteiger partial charge in [0.1, 0.15) is 0 Å². The van der Waals surface area contributed by atoms with E-state index in [1.165, 1.54) is 10.5 Å². The van der Waals surface area contributed by atoms with Crippen LogP contribution in [0.25, 0.3) is 10.4 Å². The van der Waals surface area contributed by atoms with E-state index in [4.69, 9.17) is 15.0 Å². The van der Waals surface area contributed by atoms with E-state index >= 15 is 0 Å². The Labute approximate surface area is 169 Å². The van der Waals surface area contributed by atoms with Crippen LogP contribution in [0, 0.1) is 6.92 Å². The summed E-state index contributed by atoms with van der Waals surface area (Å²) in [5.41, 5.74) is 10.3. The summed E-state index contributed by atoms with van der Waals surface area (Å²) >= 11 is 1.72. The highest BCUT2D eigenvalue weighted by Crippen LogP contribution is 2.28.